The first kappa shape index (κ1) is 7.06. The van der Waals surface area contributed by atoms with Crippen molar-refractivity contribution in [1.82, 2.24) is 4.90 Å². The van der Waals surface area contributed by atoms with Crippen molar-refractivity contribution in [2.45, 2.75) is 18.5 Å². The Morgan fingerprint density at radius 1 is 1.73 bits per heavy atom. The molecule has 0 bridgehead atoms. The van der Waals surface area contributed by atoms with E-state index in [9.17, 15) is 4.79 Å². The maximum absolute atomic E-state index is 11.1. The molecule has 1 amide bonds. The van der Waals surface area contributed by atoms with E-state index in [2.05, 4.69) is 0 Å². The Morgan fingerprint density at radius 3 is 3.18 bits per heavy atom. The van der Waals surface area contributed by atoms with Crippen LogP contribution in [-0.2, 0) is 9.53 Å². The second-order valence-corrected chi connectivity index (χ2v) is 3.04. The number of ether oxygens (including phenoxy) is 1. The van der Waals surface area contributed by atoms with E-state index in [0.29, 0.717) is 6.61 Å². The van der Waals surface area contributed by atoms with Crippen molar-refractivity contribution >= 4 is 5.91 Å². The third kappa shape index (κ3) is 0.937. The maximum atomic E-state index is 11.1. The molecule has 2 rings (SSSR count). The number of carbonyl (C=O) groups is 1. The lowest BCUT2D eigenvalue weighted by atomic mass is 9.93. The van der Waals surface area contributed by atoms with Crippen molar-refractivity contribution in [3.8, 4) is 0 Å². The van der Waals surface area contributed by atoms with Crippen LogP contribution in [0.1, 0.15) is 6.42 Å². The van der Waals surface area contributed by atoms with E-state index in [1.165, 1.54) is 0 Å². The van der Waals surface area contributed by atoms with Gasteiger partial charge in [0.25, 0.3) is 0 Å². The number of amides is 1. The number of fused-ring (bicyclic) bond motifs is 1. The van der Waals surface area contributed by atoms with Crippen LogP contribution in [0.2, 0.25) is 0 Å². The van der Waals surface area contributed by atoms with Crippen LogP contribution in [0.4, 0.5) is 0 Å². The fourth-order valence-electron chi connectivity index (χ4n) is 1.78. The van der Waals surface area contributed by atoms with Crippen LogP contribution in [0.3, 0.4) is 0 Å². The zero-order valence-corrected chi connectivity index (χ0v) is 6.19. The summed E-state index contributed by atoms with van der Waals surface area (Å²) in [4.78, 5) is 12.9. The molecule has 62 valence electrons. The fraction of sp³-hybridized carbons (Fsp3) is 0.857. The molecule has 2 atom stereocenters. The number of morpholine rings is 1. The molecule has 1 N–H and O–H groups in total. The van der Waals surface area contributed by atoms with Crippen molar-refractivity contribution in [1.29, 1.82) is 0 Å². The average Bonchev–Trinajstić information content (AvgIpc) is 1.93. The monoisotopic (exact) mass is 157 g/mol. The lowest BCUT2D eigenvalue weighted by molar-refractivity contribution is -0.169. The average molecular weight is 157 g/mol. The minimum atomic E-state index is 0.0200. The second kappa shape index (κ2) is 2.46. The van der Waals surface area contributed by atoms with E-state index in [4.69, 9.17) is 9.84 Å². The molecule has 2 heterocycles. The molecule has 4 heteroatoms. The molecule has 0 aromatic carbocycles. The first-order chi connectivity index (χ1) is 5.33. The van der Waals surface area contributed by atoms with Gasteiger partial charge in [-0.15, -0.1) is 0 Å². The Kier molecular flexibility index (Phi) is 1.58. The molecule has 0 aromatic heterocycles. The number of hydrogen-bond acceptors (Lipinski definition) is 3. The van der Waals surface area contributed by atoms with E-state index < -0.39 is 0 Å². The number of aliphatic hydroxyl groups excluding tert-OH is 1. The van der Waals surface area contributed by atoms with Crippen molar-refractivity contribution in [2.24, 2.45) is 0 Å². The van der Waals surface area contributed by atoms with Crippen LogP contribution < -0.4 is 0 Å². The highest BCUT2D eigenvalue weighted by Gasteiger charge is 2.43. The fourth-order valence-corrected chi connectivity index (χ4v) is 1.78. The van der Waals surface area contributed by atoms with Crippen LogP contribution in [0, 0.1) is 0 Å². The minimum absolute atomic E-state index is 0.0200. The zero-order valence-electron chi connectivity index (χ0n) is 6.19. The van der Waals surface area contributed by atoms with Crippen LogP contribution in [0.15, 0.2) is 0 Å². The number of nitrogens with zero attached hydrogens (tertiary/aromatic N) is 1. The molecule has 2 aliphatic heterocycles. The molecular weight excluding hydrogens is 146 g/mol. The number of aliphatic hydroxyl groups is 1. The number of rotatable bonds is 1. The number of hydrogen-bond donors (Lipinski definition) is 1. The molecule has 0 saturated carbocycles. The Hall–Kier alpha value is -0.610. The molecule has 0 aliphatic carbocycles. The molecule has 4 nitrogen and oxygen atoms in total. The van der Waals surface area contributed by atoms with Gasteiger partial charge < -0.3 is 14.7 Å². The van der Waals surface area contributed by atoms with Crippen molar-refractivity contribution in [2.75, 3.05) is 19.8 Å². The van der Waals surface area contributed by atoms with E-state index in [1.807, 2.05) is 0 Å². The van der Waals surface area contributed by atoms with Crippen LogP contribution in [0.25, 0.3) is 0 Å². The first-order valence-corrected chi connectivity index (χ1v) is 3.82. The molecule has 2 unspecified atom stereocenters. The van der Waals surface area contributed by atoms with Gasteiger partial charge in [0.2, 0.25) is 5.91 Å². The van der Waals surface area contributed by atoms with Crippen molar-refractivity contribution in [3.05, 3.63) is 0 Å². The summed E-state index contributed by atoms with van der Waals surface area (Å²) >= 11 is 0. The van der Waals surface area contributed by atoms with E-state index >= 15 is 0 Å². The summed E-state index contributed by atoms with van der Waals surface area (Å²) < 4.78 is 5.04. The van der Waals surface area contributed by atoms with Gasteiger partial charge in [0.1, 0.15) is 6.61 Å². The SMILES string of the molecule is O=C1COCC2CC(CO)N12. The summed E-state index contributed by atoms with van der Waals surface area (Å²) in [7, 11) is 0. The largest absolute Gasteiger partial charge is 0.394 e. The van der Waals surface area contributed by atoms with E-state index in [-0.39, 0.29) is 31.2 Å². The smallest absolute Gasteiger partial charge is 0.249 e. The van der Waals surface area contributed by atoms with Crippen LogP contribution in [0.5, 0.6) is 0 Å². The van der Waals surface area contributed by atoms with Gasteiger partial charge in [0, 0.05) is 0 Å². The van der Waals surface area contributed by atoms with Crippen LogP contribution in [-0.4, -0.2) is 47.8 Å². The second-order valence-electron chi connectivity index (χ2n) is 3.04. The van der Waals surface area contributed by atoms with Gasteiger partial charge in [-0.05, 0) is 6.42 Å². The minimum Gasteiger partial charge on any atom is -0.394 e. The van der Waals surface area contributed by atoms with Gasteiger partial charge >= 0.3 is 0 Å². The highest BCUT2D eigenvalue weighted by Crippen LogP contribution is 2.28. The van der Waals surface area contributed by atoms with Crippen molar-refractivity contribution < 1.29 is 14.6 Å². The lowest BCUT2D eigenvalue weighted by Crippen LogP contribution is -2.65. The maximum Gasteiger partial charge on any atom is 0.249 e. The Bertz CT molecular complexity index is 179. The quantitative estimate of drug-likeness (QED) is 0.530. The Morgan fingerprint density at radius 2 is 2.55 bits per heavy atom. The molecule has 0 radical (unpaired) electrons. The lowest BCUT2D eigenvalue weighted by Gasteiger charge is -2.50. The summed E-state index contributed by atoms with van der Waals surface area (Å²) in [5.41, 5.74) is 0. The Labute approximate surface area is 64.7 Å². The highest BCUT2D eigenvalue weighted by molar-refractivity contribution is 5.79. The zero-order chi connectivity index (χ0) is 7.84. The standard InChI is InChI=1S/C7H11NO3/c9-2-5-1-6-3-11-4-7(10)8(5)6/h5-6,9H,1-4H2. The topological polar surface area (TPSA) is 49.8 Å². The summed E-state index contributed by atoms with van der Waals surface area (Å²) in [6.07, 6.45) is 0.891. The third-order valence-electron chi connectivity index (χ3n) is 2.37. The molecule has 0 spiro atoms. The van der Waals surface area contributed by atoms with Gasteiger partial charge in [0.05, 0.1) is 25.3 Å². The van der Waals surface area contributed by atoms with Gasteiger partial charge in [-0.3, -0.25) is 4.79 Å². The summed E-state index contributed by atoms with van der Waals surface area (Å²) in [6, 6.07) is 0.310. The summed E-state index contributed by atoms with van der Waals surface area (Å²) in [6.45, 7) is 0.914. The molecule has 2 fully saturated rings. The predicted molar refractivity (Wildman–Crippen MR) is 36.9 cm³/mol. The van der Waals surface area contributed by atoms with Gasteiger partial charge in [-0.2, -0.15) is 0 Å². The normalized spacial score (nSPS) is 36.5. The first-order valence-electron chi connectivity index (χ1n) is 3.82. The predicted octanol–water partition coefficient (Wildman–Crippen LogP) is -1.02. The summed E-state index contributed by atoms with van der Waals surface area (Å²) in [5, 5.41) is 8.81. The van der Waals surface area contributed by atoms with Crippen LogP contribution >= 0.6 is 0 Å². The highest BCUT2D eigenvalue weighted by atomic mass is 16.5. The molecule has 2 aliphatic rings. The van der Waals surface area contributed by atoms with Gasteiger partial charge in [-0.25, -0.2) is 0 Å². The Balaban J connectivity index is 2.02. The third-order valence-corrected chi connectivity index (χ3v) is 2.37. The van der Waals surface area contributed by atoms with Crippen molar-refractivity contribution in [3.63, 3.8) is 0 Å². The van der Waals surface area contributed by atoms with Gasteiger partial charge in [0.15, 0.2) is 0 Å². The van der Waals surface area contributed by atoms with Gasteiger partial charge in [-0.1, -0.05) is 0 Å². The van der Waals surface area contributed by atoms with E-state index in [1.54, 1.807) is 4.90 Å². The van der Waals surface area contributed by atoms with E-state index in [0.717, 1.165) is 6.42 Å². The number of carbonyl (C=O) groups excluding carboxylic acids is 1. The molecule has 2 saturated heterocycles. The molecule has 11 heavy (non-hydrogen) atoms. The molecular formula is C7H11NO3. The summed E-state index contributed by atoms with van der Waals surface area (Å²) in [5.74, 6) is 0.0200. The molecule has 0 aromatic rings.